The van der Waals surface area contributed by atoms with Crippen molar-refractivity contribution in [2.24, 2.45) is 0 Å². The number of hydrogen-bond acceptors (Lipinski definition) is 1. The van der Waals surface area contributed by atoms with Crippen molar-refractivity contribution in [3.8, 4) is 0 Å². The Morgan fingerprint density at radius 2 is 1.55 bits per heavy atom. The summed E-state index contributed by atoms with van der Waals surface area (Å²) < 4.78 is 68.8. The fraction of sp³-hybridized carbons (Fsp3) is 1.00. The lowest BCUT2D eigenvalue weighted by Gasteiger charge is -2.22. The monoisotopic (exact) mass is 182 g/mol. The Bertz CT molecular complexity index is 129. The third kappa shape index (κ3) is 1.98. The van der Waals surface area contributed by atoms with Crippen LogP contribution >= 0.6 is 0 Å². The first-order valence-electron chi connectivity index (χ1n) is 2.41. The van der Waals surface area contributed by atoms with Crippen LogP contribution in [0.2, 0.25) is 0 Å². The van der Waals surface area contributed by atoms with Gasteiger partial charge in [0.25, 0.3) is 0 Å². The number of hydrogen-bond donors (Lipinski definition) is 1. The fourth-order valence-electron chi connectivity index (χ4n) is 0.285. The van der Waals surface area contributed by atoms with Gasteiger partial charge in [-0.1, -0.05) is 0 Å². The first-order chi connectivity index (χ1) is 4.73. The van der Waals surface area contributed by atoms with Gasteiger partial charge >= 0.3 is 12.0 Å². The maximum atomic E-state index is 11.7. The summed E-state index contributed by atoms with van der Waals surface area (Å²) in [6, 6.07) is 0. The molecule has 0 fully saturated rings. The Hall–Kier alpha value is -0.460. The Labute approximate surface area is 57.6 Å². The van der Waals surface area contributed by atoms with Crippen molar-refractivity contribution in [2.45, 2.75) is 18.2 Å². The smallest absolute Gasteiger partial charge is 0.331 e. The largest absolute Gasteiger partial charge is 0.420 e. The van der Waals surface area contributed by atoms with E-state index in [1.165, 1.54) is 0 Å². The van der Waals surface area contributed by atoms with Gasteiger partial charge in [0.1, 0.15) is 6.67 Å². The highest BCUT2D eigenvalue weighted by atomic mass is 19.3. The van der Waals surface area contributed by atoms with Gasteiger partial charge in [-0.05, 0) is 0 Å². The predicted octanol–water partition coefficient (Wildman–Crippen LogP) is 1.51. The lowest BCUT2D eigenvalue weighted by molar-refractivity contribution is -0.342. The maximum Gasteiger partial charge on any atom is 0.420 e. The minimum Gasteiger partial charge on any atom is -0.331 e. The van der Waals surface area contributed by atoms with Crippen molar-refractivity contribution in [2.75, 3.05) is 6.67 Å². The third-order valence-corrected chi connectivity index (χ3v) is 0.930. The molecule has 11 heavy (non-hydrogen) atoms. The molecule has 0 spiro atoms. The summed E-state index contributed by atoms with van der Waals surface area (Å²) in [7, 11) is 0. The molecular weight excluding hydrogens is 178 g/mol. The van der Waals surface area contributed by atoms with Crippen molar-refractivity contribution in [3.63, 3.8) is 0 Å². The van der Waals surface area contributed by atoms with Crippen LogP contribution in [-0.2, 0) is 0 Å². The normalized spacial score (nSPS) is 16.6. The highest BCUT2D eigenvalue weighted by Gasteiger charge is 2.61. The van der Waals surface area contributed by atoms with Gasteiger partial charge in [0.2, 0.25) is 6.17 Å². The van der Waals surface area contributed by atoms with Gasteiger partial charge in [-0.15, -0.1) is 0 Å². The second-order valence-electron chi connectivity index (χ2n) is 1.79. The van der Waals surface area contributed by atoms with Crippen LogP contribution in [0.1, 0.15) is 0 Å². The van der Waals surface area contributed by atoms with E-state index in [2.05, 4.69) is 0 Å². The molecule has 68 valence electrons. The Morgan fingerprint density at radius 1 is 1.18 bits per heavy atom. The van der Waals surface area contributed by atoms with Crippen LogP contribution in [0.25, 0.3) is 0 Å². The molecule has 1 unspecified atom stereocenters. The van der Waals surface area contributed by atoms with Crippen LogP contribution in [0.15, 0.2) is 0 Å². The summed E-state index contributed by atoms with van der Waals surface area (Å²) in [5, 5.41) is 7.36. The highest BCUT2D eigenvalue weighted by Crippen LogP contribution is 2.36. The van der Waals surface area contributed by atoms with Gasteiger partial charge in [-0.25, -0.2) is 8.78 Å². The molecule has 0 aromatic heterocycles. The van der Waals surface area contributed by atoms with E-state index in [9.17, 15) is 26.3 Å². The number of aliphatic hydroxyl groups is 1. The van der Waals surface area contributed by atoms with E-state index in [-0.39, 0.29) is 0 Å². The van der Waals surface area contributed by atoms with E-state index in [0.717, 1.165) is 0 Å². The summed E-state index contributed by atoms with van der Waals surface area (Å²) >= 11 is 0. The molecule has 0 aromatic carbocycles. The molecule has 0 heterocycles. The summed E-state index contributed by atoms with van der Waals surface area (Å²) in [5.41, 5.74) is 0. The van der Waals surface area contributed by atoms with Gasteiger partial charge in [0.05, 0.1) is 0 Å². The molecule has 0 saturated heterocycles. The first kappa shape index (κ1) is 10.5. The van der Waals surface area contributed by atoms with E-state index in [1.807, 2.05) is 0 Å². The molecule has 1 atom stereocenters. The first-order valence-corrected chi connectivity index (χ1v) is 2.41. The van der Waals surface area contributed by atoms with Gasteiger partial charge < -0.3 is 5.11 Å². The van der Waals surface area contributed by atoms with Crippen molar-refractivity contribution < 1.29 is 31.4 Å². The van der Waals surface area contributed by atoms with E-state index in [0.29, 0.717) is 0 Å². The van der Waals surface area contributed by atoms with Gasteiger partial charge in [-0.3, -0.25) is 0 Å². The summed E-state index contributed by atoms with van der Waals surface area (Å²) in [5.74, 6) is -5.37. The van der Waals surface area contributed by atoms with Gasteiger partial charge in [0, 0.05) is 0 Å². The van der Waals surface area contributed by atoms with E-state index >= 15 is 0 Å². The molecule has 0 aromatic rings. The van der Waals surface area contributed by atoms with Crippen LogP contribution in [-0.4, -0.2) is 30.0 Å². The molecule has 0 aliphatic heterocycles. The molecule has 1 nitrogen and oxygen atoms in total. The molecule has 0 radical (unpaired) electrons. The molecule has 7 heteroatoms. The van der Waals surface area contributed by atoms with Crippen LogP contribution in [0, 0.1) is 0 Å². The zero-order valence-corrected chi connectivity index (χ0v) is 5.00. The SMILES string of the molecule is OC(F)(F)C(F)(F)C(F)CF. The Kier molecular flexibility index (Phi) is 2.76. The van der Waals surface area contributed by atoms with Crippen molar-refractivity contribution in [3.05, 3.63) is 0 Å². The summed E-state index contributed by atoms with van der Waals surface area (Å²) in [4.78, 5) is 0. The lowest BCUT2D eigenvalue weighted by atomic mass is 10.2. The lowest BCUT2D eigenvalue weighted by Crippen LogP contribution is -2.48. The molecule has 0 aliphatic carbocycles. The van der Waals surface area contributed by atoms with E-state index in [1.54, 1.807) is 0 Å². The Morgan fingerprint density at radius 3 is 1.64 bits per heavy atom. The Balaban J connectivity index is 4.45. The van der Waals surface area contributed by atoms with E-state index in [4.69, 9.17) is 5.11 Å². The molecule has 0 bridgehead atoms. The summed E-state index contributed by atoms with van der Waals surface area (Å²) in [6.45, 7) is -2.27. The average Bonchev–Trinajstić information content (AvgIpc) is 1.83. The zero-order valence-electron chi connectivity index (χ0n) is 5.00. The molecule has 0 saturated carbocycles. The molecule has 1 N–H and O–H groups in total. The van der Waals surface area contributed by atoms with Gasteiger partial charge in [0.15, 0.2) is 0 Å². The molecular formula is C4H4F6O. The fourth-order valence-corrected chi connectivity index (χ4v) is 0.285. The van der Waals surface area contributed by atoms with Crippen molar-refractivity contribution in [1.29, 1.82) is 0 Å². The zero-order chi connectivity index (χ0) is 9.28. The van der Waals surface area contributed by atoms with Gasteiger partial charge in [-0.2, -0.15) is 17.6 Å². The van der Waals surface area contributed by atoms with Crippen LogP contribution in [0.4, 0.5) is 26.3 Å². The van der Waals surface area contributed by atoms with E-state index < -0.39 is 24.9 Å². The predicted molar refractivity (Wildman–Crippen MR) is 23.0 cm³/mol. The summed E-state index contributed by atoms with van der Waals surface area (Å²) in [6.07, 6.45) is -9.22. The number of halogens is 6. The molecule has 0 aliphatic rings. The standard InChI is InChI=1S/C4H4F6O/c5-1-2(6)3(7,8)4(9,10)11/h2,11H,1H2. The maximum absolute atomic E-state index is 11.7. The second-order valence-corrected chi connectivity index (χ2v) is 1.79. The molecule has 0 rings (SSSR count). The van der Waals surface area contributed by atoms with Crippen LogP contribution in [0.3, 0.4) is 0 Å². The van der Waals surface area contributed by atoms with Crippen molar-refractivity contribution >= 4 is 0 Å². The topological polar surface area (TPSA) is 20.2 Å². The minimum absolute atomic E-state index is 2.27. The second kappa shape index (κ2) is 2.88. The third-order valence-electron chi connectivity index (χ3n) is 0.930. The minimum atomic E-state index is -5.53. The van der Waals surface area contributed by atoms with Crippen molar-refractivity contribution in [1.82, 2.24) is 0 Å². The molecule has 0 amide bonds. The highest BCUT2D eigenvalue weighted by molar-refractivity contribution is 4.83. The number of rotatable bonds is 3. The van der Waals surface area contributed by atoms with Crippen LogP contribution < -0.4 is 0 Å². The van der Waals surface area contributed by atoms with Crippen LogP contribution in [0.5, 0.6) is 0 Å². The number of alkyl halides is 6. The quantitative estimate of drug-likeness (QED) is 0.656. The average molecular weight is 182 g/mol.